The smallest absolute Gasteiger partial charge is 0.221 e. The van der Waals surface area contributed by atoms with Gasteiger partial charge >= 0.3 is 0 Å². The molecular formula is C17H16N4O4S2. The van der Waals surface area contributed by atoms with Crippen LogP contribution in [0.25, 0.3) is 0 Å². The third kappa shape index (κ3) is 5.31. The lowest BCUT2D eigenvalue weighted by molar-refractivity contribution is -0.114. The number of hydrogen-bond donors (Lipinski definition) is 3. The van der Waals surface area contributed by atoms with Crippen molar-refractivity contribution in [2.45, 2.75) is 17.8 Å². The van der Waals surface area contributed by atoms with Crippen LogP contribution in [0.2, 0.25) is 0 Å². The standard InChI is InChI=1S/C17H16N4O4S2/c1-10(22)19-13-7-11(4-5-14(13)23)15(24)9-26-17-21-20-16(27-17)18-8-12-3-2-6-25-12/h2-7,23H,8-9H2,1H3,(H,18,20)(H,19,22). The van der Waals surface area contributed by atoms with E-state index in [1.807, 2.05) is 12.1 Å². The van der Waals surface area contributed by atoms with Crippen molar-refractivity contribution in [3.8, 4) is 5.75 Å². The molecule has 1 amide bonds. The van der Waals surface area contributed by atoms with Crippen molar-refractivity contribution >= 4 is 45.6 Å². The van der Waals surface area contributed by atoms with E-state index in [1.165, 1.54) is 48.2 Å². The first-order chi connectivity index (χ1) is 13.0. The summed E-state index contributed by atoms with van der Waals surface area (Å²) in [5, 5.41) is 24.0. The van der Waals surface area contributed by atoms with Gasteiger partial charge in [-0.3, -0.25) is 9.59 Å². The SMILES string of the molecule is CC(=O)Nc1cc(C(=O)CSc2nnc(NCc3ccco3)s2)ccc1O. The minimum atomic E-state index is -0.326. The molecule has 0 aliphatic carbocycles. The zero-order chi connectivity index (χ0) is 19.2. The zero-order valence-electron chi connectivity index (χ0n) is 14.3. The van der Waals surface area contributed by atoms with E-state index in [1.54, 1.807) is 6.26 Å². The number of ketones is 1. The van der Waals surface area contributed by atoms with Crippen molar-refractivity contribution in [1.82, 2.24) is 10.2 Å². The lowest BCUT2D eigenvalue weighted by atomic mass is 10.1. The van der Waals surface area contributed by atoms with Crippen LogP contribution < -0.4 is 10.6 Å². The molecule has 0 unspecified atom stereocenters. The number of hydrogen-bond acceptors (Lipinski definition) is 9. The van der Waals surface area contributed by atoms with E-state index >= 15 is 0 Å². The summed E-state index contributed by atoms with van der Waals surface area (Å²) in [6, 6.07) is 8.01. The molecule has 3 N–H and O–H groups in total. The van der Waals surface area contributed by atoms with E-state index in [2.05, 4.69) is 20.8 Å². The molecule has 140 valence electrons. The molecule has 0 aliphatic rings. The Morgan fingerprint density at radius 3 is 2.89 bits per heavy atom. The average Bonchev–Trinajstić information content (AvgIpc) is 3.31. The fraction of sp³-hybridized carbons (Fsp3) is 0.176. The second kappa shape index (κ2) is 8.69. The van der Waals surface area contributed by atoms with Crippen LogP contribution in [0.4, 0.5) is 10.8 Å². The monoisotopic (exact) mass is 404 g/mol. The Morgan fingerprint density at radius 2 is 2.15 bits per heavy atom. The highest BCUT2D eigenvalue weighted by atomic mass is 32.2. The van der Waals surface area contributed by atoms with Gasteiger partial charge in [0.2, 0.25) is 11.0 Å². The van der Waals surface area contributed by atoms with Crippen LogP contribution >= 0.6 is 23.1 Å². The van der Waals surface area contributed by atoms with Crippen molar-refractivity contribution in [2.75, 3.05) is 16.4 Å². The molecule has 0 spiro atoms. The second-order valence-electron chi connectivity index (χ2n) is 5.43. The Labute approximate surface area is 163 Å². The van der Waals surface area contributed by atoms with Gasteiger partial charge in [-0.1, -0.05) is 23.1 Å². The molecule has 10 heteroatoms. The molecule has 0 saturated carbocycles. The van der Waals surface area contributed by atoms with Crippen molar-refractivity contribution in [3.05, 3.63) is 47.9 Å². The lowest BCUT2D eigenvalue weighted by Gasteiger charge is -2.07. The lowest BCUT2D eigenvalue weighted by Crippen LogP contribution is -2.08. The fourth-order valence-corrected chi connectivity index (χ4v) is 3.77. The van der Waals surface area contributed by atoms with E-state index in [0.717, 1.165) is 5.76 Å². The van der Waals surface area contributed by atoms with Gasteiger partial charge in [0.1, 0.15) is 11.5 Å². The number of benzene rings is 1. The summed E-state index contributed by atoms with van der Waals surface area (Å²) in [6.45, 7) is 1.83. The number of nitrogens with zero attached hydrogens (tertiary/aromatic N) is 2. The number of phenols is 1. The number of Topliss-reactive ketones (excluding diaryl/α,β-unsaturated/α-hetero) is 1. The molecule has 3 aromatic rings. The third-order valence-corrected chi connectivity index (χ3v) is 5.37. The highest BCUT2D eigenvalue weighted by molar-refractivity contribution is 8.01. The van der Waals surface area contributed by atoms with Gasteiger partial charge in [0.05, 0.1) is 24.2 Å². The van der Waals surface area contributed by atoms with Crippen LogP contribution in [0.3, 0.4) is 0 Å². The fourth-order valence-electron chi connectivity index (χ4n) is 2.13. The molecule has 27 heavy (non-hydrogen) atoms. The van der Waals surface area contributed by atoms with E-state index in [-0.39, 0.29) is 28.9 Å². The summed E-state index contributed by atoms with van der Waals surface area (Å²) in [7, 11) is 0. The molecule has 0 atom stereocenters. The Kier molecular flexibility index (Phi) is 6.09. The summed E-state index contributed by atoms with van der Waals surface area (Å²) >= 11 is 2.62. The molecule has 0 radical (unpaired) electrons. The third-order valence-electron chi connectivity index (χ3n) is 3.36. The molecule has 3 rings (SSSR count). The van der Waals surface area contributed by atoms with E-state index in [0.29, 0.717) is 21.6 Å². The zero-order valence-corrected chi connectivity index (χ0v) is 15.9. The summed E-state index contributed by atoms with van der Waals surface area (Å²) < 4.78 is 5.89. The number of furan rings is 1. The summed E-state index contributed by atoms with van der Waals surface area (Å²) in [6.07, 6.45) is 1.60. The number of anilines is 2. The van der Waals surface area contributed by atoms with Gasteiger partial charge in [-0.15, -0.1) is 10.2 Å². The van der Waals surface area contributed by atoms with Gasteiger partial charge in [-0.2, -0.15) is 0 Å². The number of carbonyl (C=O) groups is 2. The number of aromatic hydroxyl groups is 1. The molecule has 0 fully saturated rings. The summed E-state index contributed by atoms with van der Waals surface area (Å²) in [5.41, 5.74) is 0.600. The Balaban J connectivity index is 1.55. The highest BCUT2D eigenvalue weighted by Gasteiger charge is 2.13. The molecule has 0 bridgehead atoms. The van der Waals surface area contributed by atoms with Crippen molar-refractivity contribution in [1.29, 1.82) is 0 Å². The van der Waals surface area contributed by atoms with Gasteiger partial charge in [0, 0.05) is 12.5 Å². The number of phenolic OH excluding ortho intramolecular Hbond substituents is 1. The minimum absolute atomic E-state index is 0.0919. The maximum Gasteiger partial charge on any atom is 0.221 e. The van der Waals surface area contributed by atoms with Gasteiger partial charge in [0.15, 0.2) is 10.1 Å². The van der Waals surface area contributed by atoms with Crippen LogP contribution in [0.15, 0.2) is 45.4 Å². The Bertz CT molecular complexity index is 940. The van der Waals surface area contributed by atoms with E-state index < -0.39 is 0 Å². The topological polar surface area (TPSA) is 117 Å². The predicted molar refractivity (Wildman–Crippen MR) is 103 cm³/mol. The maximum absolute atomic E-state index is 12.4. The molecule has 2 heterocycles. The number of nitrogens with one attached hydrogen (secondary N) is 2. The Hall–Kier alpha value is -2.85. The molecule has 1 aromatic carbocycles. The number of rotatable bonds is 8. The highest BCUT2D eigenvalue weighted by Crippen LogP contribution is 2.28. The maximum atomic E-state index is 12.4. The number of amides is 1. The number of carbonyl (C=O) groups excluding carboxylic acids is 2. The largest absolute Gasteiger partial charge is 0.506 e. The molecule has 8 nitrogen and oxygen atoms in total. The molecule has 0 aliphatic heterocycles. The number of aromatic nitrogens is 2. The predicted octanol–water partition coefficient (Wildman–Crippen LogP) is 3.38. The first-order valence-corrected chi connectivity index (χ1v) is 9.68. The average molecular weight is 404 g/mol. The van der Waals surface area contributed by atoms with Crippen molar-refractivity contribution < 1.29 is 19.1 Å². The van der Waals surface area contributed by atoms with Crippen LogP contribution in [-0.2, 0) is 11.3 Å². The normalized spacial score (nSPS) is 10.6. The molecule has 2 aromatic heterocycles. The first kappa shape index (κ1) is 18.9. The van der Waals surface area contributed by atoms with Crippen LogP contribution in [0, 0.1) is 0 Å². The molecule has 0 saturated heterocycles. The number of thioether (sulfide) groups is 1. The van der Waals surface area contributed by atoms with Gasteiger partial charge < -0.3 is 20.2 Å². The van der Waals surface area contributed by atoms with E-state index in [9.17, 15) is 14.7 Å². The van der Waals surface area contributed by atoms with Gasteiger partial charge in [-0.25, -0.2) is 0 Å². The molecular weight excluding hydrogens is 388 g/mol. The second-order valence-corrected chi connectivity index (χ2v) is 7.63. The van der Waals surface area contributed by atoms with Crippen LogP contribution in [-0.4, -0.2) is 32.7 Å². The van der Waals surface area contributed by atoms with E-state index in [4.69, 9.17) is 4.42 Å². The van der Waals surface area contributed by atoms with Crippen molar-refractivity contribution in [2.24, 2.45) is 0 Å². The van der Waals surface area contributed by atoms with Gasteiger partial charge in [-0.05, 0) is 30.3 Å². The van der Waals surface area contributed by atoms with Crippen LogP contribution in [0.5, 0.6) is 5.75 Å². The summed E-state index contributed by atoms with van der Waals surface area (Å²) in [4.78, 5) is 23.5. The Morgan fingerprint density at radius 1 is 1.30 bits per heavy atom. The first-order valence-electron chi connectivity index (χ1n) is 7.87. The minimum Gasteiger partial charge on any atom is -0.506 e. The quantitative estimate of drug-likeness (QED) is 0.297. The van der Waals surface area contributed by atoms with Crippen molar-refractivity contribution in [3.63, 3.8) is 0 Å². The summed E-state index contributed by atoms with van der Waals surface area (Å²) in [5.74, 6) is 0.388. The van der Waals surface area contributed by atoms with Gasteiger partial charge in [0.25, 0.3) is 0 Å². The van der Waals surface area contributed by atoms with Crippen LogP contribution in [0.1, 0.15) is 23.0 Å².